The molecule has 1 amide bonds. The van der Waals surface area contributed by atoms with Crippen LogP contribution in [-0.4, -0.2) is 46.7 Å². The summed E-state index contributed by atoms with van der Waals surface area (Å²) in [5.74, 6) is 0.210. The van der Waals surface area contributed by atoms with Crippen molar-refractivity contribution in [1.29, 1.82) is 0 Å². The quantitative estimate of drug-likeness (QED) is 0.798. The zero-order chi connectivity index (χ0) is 13.2. The van der Waals surface area contributed by atoms with Crippen LogP contribution in [0.3, 0.4) is 0 Å². The number of carbonyl (C=O) groups excluding carboxylic acids is 1. The molecular formula is C14H26N2O2. The molecule has 2 aliphatic rings. The fourth-order valence-electron chi connectivity index (χ4n) is 3.43. The summed E-state index contributed by atoms with van der Waals surface area (Å²) in [6.45, 7) is 6.18. The molecule has 2 heterocycles. The predicted molar refractivity (Wildman–Crippen MR) is 71.3 cm³/mol. The fourth-order valence-corrected chi connectivity index (χ4v) is 3.43. The monoisotopic (exact) mass is 254 g/mol. The highest BCUT2D eigenvalue weighted by Gasteiger charge is 2.44. The van der Waals surface area contributed by atoms with Crippen molar-refractivity contribution in [3.63, 3.8) is 0 Å². The number of β-amino-alcohol motifs (C(OH)–C–C–N with tert-alkyl or cyclic N) is 1. The molecule has 2 rings (SSSR count). The lowest BCUT2D eigenvalue weighted by Crippen LogP contribution is -2.59. The van der Waals surface area contributed by atoms with Crippen molar-refractivity contribution in [1.82, 2.24) is 10.2 Å². The van der Waals surface area contributed by atoms with E-state index in [2.05, 4.69) is 12.2 Å². The first-order chi connectivity index (χ1) is 8.49. The van der Waals surface area contributed by atoms with Crippen molar-refractivity contribution in [2.24, 2.45) is 0 Å². The first kappa shape index (κ1) is 13.8. The normalized spacial score (nSPS) is 36.9. The second-order valence-corrected chi connectivity index (χ2v) is 6.19. The molecule has 0 saturated carbocycles. The van der Waals surface area contributed by atoms with Gasteiger partial charge >= 0.3 is 0 Å². The lowest BCUT2D eigenvalue weighted by molar-refractivity contribution is -0.144. The number of carbonyl (C=O) groups is 1. The van der Waals surface area contributed by atoms with Crippen LogP contribution in [0.1, 0.15) is 52.4 Å². The zero-order valence-corrected chi connectivity index (χ0v) is 11.7. The summed E-state index contributed by atoms with van der Waals surface area (Å²) in [4.78, 5) is 14.6. The van der Waals surface area contributed by atoms with Crippen LogP contribution >= 0.6 is 0 Å². The zero-order valence-electron chi connectivity index (χ0n) is 11.7. The fraction of sp³-hybridized carbons (Fsp3) is 0.929. The second-order valence-electron chi connectivity index (χ2n) is 6.19. The Bertz CT molecular complexity index is 309. The first-order valence-corrected chi connectivity index (χ1v) is 7.26. The van der Waals surface area contributed by atoms with Crippen molar-refractivity contribution in [3.8, 4) is 0 Å². The number of likely N-dealkylation sites (tertiary alicyclic amines) is 1. The van der Waals surface area contributed by atoms with Crippen LogP contribution < -0.4 is 5.32 Å². The molecule has 0 radical (unpaired) electrons. The van der Waals surface area contributed by atoms with E-state index in [1.807, 2.05) is 11.8 Å². The third-order valence-electron chi connectivity index (χ3n) is 4.29. The second kappa shape index (κ2) is 5.17. The molecule has 0 bridgehead atoms. The highest BCUT2D eigenvalue weighted by molar-refractivity contribution is 5.87. The maximum absolute atomic E-state index is 12.8. The summed E-state index contributed by atoms with van der Waals surface area (Å²) in [6, 6.07) is 0. The van der Waals surface area contributed by atoms with Crippen LogP contribution in [0.5, 0.6) is 0 Å². The van der Waals surface area contributed by atoms with Crippen molar-refractivity contribution in [2.45, 2.75) is 63.5 Å². The Morgan fingerprint density at radius 2 is 2.17 bits per heavy atom. The number of rotatable bonds is 3. The van der Waals surface area contributed by atoms with Gasteiger partial charge in [0.15, 0.2) is 0 Å². The van der Waals surface area contributed by atoms with Crippen LogP contribution in [0.25, 0.3) is 0 Å². The Hall–Kier alpha value is -0.610. The largest absolute Gasteiger partial charge is 0.388 e. The van der Waals surface area contributed by atoms with Gasteiger partial charge in [0.25, 0.3) is 0 Å². The van der Waals surface area contributed by atoms with E-state index in [1.54, 1.807) is 0 Å². The van der Waals surface area contributed by atoms with E-state index < -0.39 is 5.60 Å². The van der Waals surface area contributed by atoms with Crippen LogP contribution in [-0.2, 0) is 4.79 Å². The number of nitrogens with one attached hydrogen (secondary N) is 1. The molecule has 104 valence electrons. The molecule has 0 aliphatic carbocycles. The van der Waals surface area contributed by atoms with Crippen LogP contribution in [0.15, 0.2) is 0 Å². The van der Waals surface area contributed by atoms with Crippen LogP contribution in [0, 0.1) is 0 Å². The standard InChI is InChI=1S/C14H26N2O2/c1-3-6-14(8-4-9-15-14)12(17)16-10-5-7-13(2,18)11-16/h15,18H,3-11H2,1-2H3. The van der Waals surface area contributed by atoms with Gasteiger partial charge in [0, 0.05) is 13.1 Å². The molecule has 0 spiro atoms. The average molecular weight is 254 g/mol. The Morgan fingerprint density at radius 1 is 1.39 bits per heavy atom. The van der Waals surface area contributed by atoms with E-state index in [0.717, 1.165) is 51.6 Å². The summed E-state index contributed by atoms with van der Waals surface area (Å²) >= 11 is 0. The van der Waals surface area contributed by atoms with E-state index in [4.69, 9.17) is 0 Å². The maximum Gasteiger partial charge on any atom is 0.242 e. The van der Waals surface area contributed by atoms with Gasteiger partial charge in [-0.25, -0.2) is 0 Å². The van der Waals surface area contributed by atoms with E-state index in [0.29, 0.717) is 6.54 Å². The molecule has 0 aromatic carbocycles. The minimum absolute atomic E-state index is 0.210. The van der Waals surface area contributed by atoms with E-state index in [-0.39, 0.29) is 11.4 Å². The van der Waals surface area contributed by atoms with Gasteiger partial charge < -0.3 is 15.3 Å². The molecule has 2 unspecified atom stereocenters. The molecule has 2 aliphatic heterocycles. The molecule has 2 atom stereocenters. The number of aliphatic hydroxyl groups is 1. The molecule has 4 heteroatoms. The Labute approximate surface area is 110 Å². The van der Waals surface area contributed by atoms with E-state index in [9.17, 15) is 9.90 Å². The van der Waals surface area contributed by atoms with Crippen molar-refractivity contribution in [2.75, 3.05) is 19.6 Å². The molecule has 0 aromatic rings. The SMILES string of the molecule is CCCC1(C(=O)N2CCCC(C)(O)C2)CCCN1. The average Bonchev–Trinajstić information content (AvgIpc) is 2.77. The van der Waals surface area contributed by atoms with E-state index >= 15 is 0 Å². The number of piperidine rings is 1. The van der Waals surface area contributed by atoms with Gasteiger partial charge in [-0.1, -0.05) is 13.3 Å². The number of nitrogens with zero attached hydrogens (tertiary/aromatic N) is 1. The van der Waals surface area contributed by atoms with Crippen LogP contribution in [0.2, 0.25) is 0 Å². The minimum Gasteiger partial charge on any atom is -0.388 e. The maximum atomic E-state index is 12.8. The lowest BCUT2D eigenvalue weighted by Gasteiger charge is -2.41. The van der Waals surface area contributed by atoms with Gasteiger partial charge in [-0.2, -0.15) is 0 Å². The molecular weight excluding hydrogens is 228 g/mol. The predicted octanol–water partition coefficient (Wildman–Crippen LogP) is 1.28. The van der Waals surface area contributed by atoms with Gasteiger partial charge in [0.2, 0.25) is 5.91 Å². The van der Waals surface area contributed by atoms with Gasteiger partial charge in [-0.3, -0.25) is 4.79 Å². The number of hydrogen-bond acceptors (Lipinski definition) is 3. The van der Waals surface area contributed by atoms with Gasteiger partial charge in [-0.15, -0.1) is 0 Å². The summed E-state index contributed by atoms with van der Waals surface area (Å²) < 4.78 is 0. The highest BCUT2D eigenvalue weighted by atomic mass is 16.3. The van der Waals surface area contributed by atoms with Crippen LogP contribution in [0.4, 0.5) is 0 Å². The third-order valence-corrected chi connectivity index (χ3v) is 4.29. The number of amides is 1. The molecule has 18 heavy (non-hydrogen) atoms. The Balaban J connectivity index is 2.09. The van der Waals surface area contributed by atoms with E-state index in [1.165, 1.54) is 0 Å². The van der Waals surface area contributed by atoms with Crippen molar-refractivity contribution in [3.05, 3.63) is 0 Å². The summed E-state index contributed by atoms with van der Waals surface area (Å²) in [5.41, 5.74) is -1.05. The summed E-state index contributed by atoms with van der Waals surface area (Å²) in [7, 11) is 0. The minimum atomic E-state index is -0.708. The Kier molecular flexibility index (Phi) is 3.97. The third kappa shape index (κ3) is 2.69. The molecule has 2 N–H and O–H groups in total. The summed E-state index contributed by atoms with van der Waals surface area (Å²) in [6.07, 6.45) is 5.65. The Morgan fingerprint density at radius 3 is 2.72 bits per heavy atom. The number of hydrogen-bond donors (Lipinski definition) is 2. The smallest absolute Gasteiger partial charge is 0.242 e. The highest BCUT2D eigenvalue weighted by Crippen LogP contribution is 2.30. The molecule has 2 fully saturated rings. The molecule has 4 nitrogen and oxygen atoms in total. The van der Waals surface area contributed by atoms with Crippen molar-refractivity contribution >= 4 is 5.91 Å². The molecule has 0 aromatic heterocycles. The van der Waals surface area contributed by atoms with Gasteiger partial charge in [-0.05, 0) is 45.6 Å². The van der Waals surface area contributed by atoms with Gasteiger partial charge in [0.05, 0.1) is 11.1 Å². The van der Waals surface area contributed by atoms with Crippen molar-refractivity contribution < 1.29 is 9.90 Å². The van der Waals surface area contributed by atoms with Gasteiger partial charge in [0.1, 0.15) is 0 Å². The summed E-state index contributed by atoms with van der Waals surface area (Å²) in [5, 5.41) is 13.6. The molecule has 2 saturated heterocycles. The lowest BCUT2D eigenvalue weighted by atomic mass is 9.87. The topological polar surface area (TPSA) is 52.6 Å². The first-order valence-electron chi connectivity index (χ1n) is 7.26.